The molecule has 2 amide bonds. The van der Waals surface area contributed by atoms with Crippen LogP contribution in [-0.2, 0) is 0 Å². The maximum Gasteiger partial charge on any atom is 0.319 e. The third-order valence-corrected chi connectivity index (χ3v) is 3.78. The summed E-state index contributed by atoms with van der Waals surface area (Å²) < 4.78 is 0. The Morgan fingerprint density at radius 2 is 2.05 bits per heavy atom. The SMILES string of the molecule is CCC(CC)(CO)CNC(=O)Nc1cccc(Cl)c1. The van der Waals surface area contributed by atoms with Crippen LogP contribution in [0.25, 0.3) is 0 Å². The molecule has 1 aromatic carbocycles. The molecule has 3 N–H and O–H groups in total. The average molecular weight is 285 g/mol. The zero-order chi connectivity index (χ0) is 14.3. The van der Waals surface area contributed by atoms with Gasteiger partial charge in [-0.2, -0.15) is 0 Å². The van der Waals surface area contributed by atoms with Crippen LogP contribution in [0.5, 0.6) is 0 Å². The molecule has 106 valence electrons. The predicted molar refractivity (Wildman–Crippen MR) is 78.6 cm³/mol. The Bertz CT molecular complexity index is 411. The number of benzene rings is 1. The van der Waals surface area contributed by atoms with Crippen molar-refractivity contribution in [1.82, 2.24) is 5.32 Å². The number of carbonyl (C=O) groups is 1. The maximum absolute atomic E-state index is 11.8. The highest BCUT2D eigenvalue weighted by Crippen LogP contribution is 2.24. The number of hydrogen-bond acceptors (Lipinski definition) is 2. The van der Waals surface area contributed by atoms with Gasteiger partial charge in [-0.05, 0) is 31.0 Å². The highest BCUT2D eigenvalue weighted by molar-refractivity contribution is 6.30. The number of aliphatic hydroxyl groups excluding tert-OH is 1. The minimum Gasteiger partial charge on any atom is -0.396 e. The van der Waals surface area contributed by atoms with E-state index in [1.165, 1.54) is 0 Å². The van der Waals surface area contributed by atoms with Crippen LogP contribution in [-0.4, -0.2) is 24.3 Å². The smallest absolute Gasteiger partial charge is 0.319 e. The van der Waals surface area contributed by atoms with Crippen LogP contribution in [0.15, 0.2) is 24.3 Å². The number of carbonyl (C=O) groups excluding carboxylic acids is 1. The number of aliphatic hydroxyl groups is 1. The molecule has 1 rings (SSSR count). The molecule has 5 heteroatoms. The molecule has 0 atom stereocenters. The standard InChI is InChI=1S/C14H21ClN2O2/c1-3-14(4-2,10-18)9-16-13(19)17-12-7-5-6-11(15)8-12/h5-8,18H,3-4,9-10H2,1-2H3,(H2,16,17,19). The number of nitrogens with one attached hydrogen (secondary N) is 2. The quantitative estimate of drug-likeness (QED) is 0.751. The third kappa shape index (κ3) is 4.73. The molecule has 0 aliphatic heterocycles. The molecular weight excluding hydrogens is 264 g/mol. The van der Waals surface area contributed by atoms with Crippen molar-refractivity contribution in [3.63, 3.8) is 0 Å². The van der Waals surface area contributed by atoms with Gasteiger partial charge in [-0.3, -0.25) is 0 Å². The summed E-state index contributed by atoms with van der Waals surface area (Å²) in [7, 11) is 0. The summed E-state index contributed by atoms with van der Waals surface area (Å²) in [5, 5.41) is 15.5. The second-order valence-electron chi connectivity index (χ2n) is 4.68. The average Bonchev–Trinajstić information content (AvgIpc) is 2.41. The predicted octanol–water partition coefficient (Wildman–Crippen LogP) is 3.26. The molecule has 1 aromatic rings. The molecule has 0 aliphatic rings. The van der Waals surface area contributed by atoms with Crippen molar-refractivity contribution in [2.75, 3.05) is 18.5 Å². The summed E-state index contributed by atoms with van der Waals surface area (Å²) in [4.78, 5) is 11.8. The Labute approximate surface area is 119 Å². The highest BCUT2D eigenvalue weighted by Gasteiger charge is 2.25. The van der Waals surface area contributed by atoms with Crippen LogP contribution in [0, 0.1) is 5.41 Å². The lowest BCUT2D eigenvalue weighted by Gasteiger charge is -2.29. The van der Waals surface area contributed by atoms with E-state index in [9.17, 15) is 9.90 Å². The Hall–Kier alpha value is -1.26. The zero-order valence-corrected chi connectivity index (χ0v) is 12.1. The topological polar surface area (TPSA) is 61.4 Å². The Morgan fingerprint density at radius 1 is 1.37 bits per heavy atom. The van der Waals surface area contributed by atoms with Gasteiger partial charge in [0.1, 0.15) is 0 Å². The van der Waals surface area contributed by atoms with E-state index >= 15 is 0 Å². The summed E-state index contributed by atoms with van der Waals surface area (Å²) in [6, 6.07) is 6.68. The molecule has 0 saturated heterocycles. The first-order chi connectivity index (χ1) is 9.05. The van der Waals surface area contributed by atoms with Crippen molar-refractivity contribution in [3.05, 3.63) is 29.3 Å². The first kappa shape index (κ1) is 15.8. The molecule has 4 nitrogen and oxygen atoms in total. The number of amides is 2. The molecule has 0 heterocycles. The van der Waals surface area contributed by atoms with Crippen LogP contribution < -0.4 is 10.6 Å². The van der Waals surface area contributed by atoms with E-state index in [0.717, 1.165) is 12.8 Å². The fourth-order valence-corrected chi connectivity index (χ4v) is 1.98. The van der Waals surface area contributed by atoms with Gasteiger partial charge in [0, 0.05) is 22.7 Å². The summed E-state index contributed by atoms with van der Waals surface area (Å²) in [6.07, 6.45) is 1.63. The van der Waals surface area contributed by atoms with Crippen molar-refractivity contribution >= 4 is 23.3 Å². The first-order valence-corrected chi connectivity index (χ1v) is 6.84. The van der Waals surface area contributed by atoms with E-state index in [-0.39, 0.29) is 18.1 Å². The van der Waals surface area contributed by atoms with Crippen molar-refractivity contribution < 1.29 is 9.90 Å². The molecule has 0 spiro atoms. The van der Waals surface area contributed by atoms with Gasteiger partial charge >= 0.3 is 6.03 Å². The van der Waals surface area contributed by atoms with Gasteiger partial charge < -0.3 is 15.7 Å². The molecule has 19 heavy (non-hydrogen) atoms. The van der Waals surface area contributed by atoms with E-state index in [1.54, 1.807) is 24.3 Å². The number of hydrogen-bond donors (Lipinski definition) is 3. The minimum atomic E-state index is -0.290. The molecule has 0 saturated carbocycles. The molecule has 0 aliphatic carbocycles. The number of anilines is 1. The second-order valence-corrected chi connectivity index (χ2v) is 5.12. The van der Waals surface area contributed by atoms with E-state index < -0.39 is 0 Å². The van der Waals surface area contributed by atoms with Crippen LogP contribution in [0.2, 0.25) is 5.02 Å². The Kier molecular flexibility index (Phi) is 6.12. The van der Waals surface area contributed by atoms with Crippen molar-refractivity contribution in [2.45, 2.75) is 26.7 Å². The van der Waals surface area contributed by atoms with Crippen LogP contribution in [0.1, 0.15) is 26.7 Å². The van der Waals surface area contributed by atoms with Gasteiger partial charge in [-0.15, -0.1) is 0 Å². The number of urea groups is 1. The van der Waals surface area contributed by atoms with E-state index in [0.29, 0.717) is 17.3 Å². The van der Waals surface area contributed by atoms with Crippen LogP contribution >= 0.6 is 11.6 Å². The van der Waals surface area contributed by atoms with Crippen LogP contribution in [0.3, 0.4) is 0 Å². The van der Waals surface area contributed by atoms with Gasteiger partial charge in [-0.25, -0.2) is 4.79 Å². The fourth-order valence-electron chi connectivity index (χ4n) is 1.79. The van der Waals surface area contributed by atoms with Gasteiger partial charge in [0.05, 0.1) is 6.61 Å². The van der Waals surface area contributed by atoms with Gasteiger partial charge in [0.2, 0.25) is 0 Å². The van der Waals surface area contributed by atoms with Crippen molar-refractivity contribution in [3.8, 4) is 0 Å². The minimum absolute atomic E-state index is 0.0669. The van der Waals surface area contributed by atoms with E-state index in [2.05, 4.69) is 10.6 Å². The molecule has 0 unspecified atom stereocenters. The second kappa shape index (κ2) is 7.36. The van der Waals surface area contributed by atoms with Crippen LogP contribution in [0.4, 0.5) is 10.5 Å². The lowest BCUT2D eigenvalue weighted by molar-refractivity contribution is 0.116. The normalized spacial score (nSPS) is 11.2. The Balaban J connectivity index is 2.52. The van der Waals surface area contributed by atoms with Crippen molar-refractivity contribution in [1.29, 1.82) is 0 Å². The molecule has 0 radical (unpaired) electrons. The number of halogens is 1. The molecular formula is C14H21ClN2O2. The molecule has 0 bridgehead atoms. The lowest BCUT2D eigenvalue weighted by Crippen LogP contribution is -2.41. The Morgan fingerprint density at radius 3 is 2.58 bits per heavy atom. The number of rotatable bonds is 6. The van der Waals surface area contributed by atoms with Gasteiger partial charge in [0.25, 0.3) is 0 Å². The molecule has 0 aromatic heterocycles. The summed E-state index contributed by atoms with van der Waals surface area (Å²) in [5.41, 5.74) is 0.402. The maximum atomic E-state index is 11.8. The lowest BCUT2D eigenvalue weighted by atomic mass is 9.83. The fraction of sp³-hybridized carbons (Fsp3) is 0.500. The van der Waals surface area contributed by atoms with E-state index in [1.807, 2.05) is 13.8 Å². The van der Waals surface area contributed by atoms with E-state index in [4.69, 9.17) is 11.6 Å². The third-order valence-electron chi connectivity index (χ3n) is 3.54. The summed E-state index contributed by atoms with van der Waals surface area (Å²) >= 11 is 5.84. The monoisotopic (exact) mass is 284 g/mol. The van der Waals surface area contributed by atoms with Gasteiger partial charge in [0.15, 0.2) is 0 Å². The summed E-state index contributed by atoms with van der Waals surface area (Å²) in [6.45, 7) is 4.53. The zero-order valence-electron chi connectivity index (χ0n) is 11.4. The van der Waals surface area contributed by atoms with Crippen molar-refractivity contribution in [2.24, 2.45) is 5.41 Å². The molecule has 0 fully saturated rings. The van der Waals surface area contributed by atoms with Gasteiger partial charge in [-0.1, -0.05) is 31.5 Å². The first-order valence-electron chi connectivity index (χ1n) is 6.46. The highest BCUT2D eigenvalue weighted by atomic mass is 35.5. The largest absolute Gasteiger partial charge is 0.396 e. The summed E-state index contributed by atoms with van der Waals surface area (Å²) in [5.74, 6) is 0.